The summed E-state index contributed by atoms with van der Waals surface area (Å²) >= 11 is 0. The topological polar surface area (TPSA) is 60.4 Å². The number of rotatable bonds is 2. The number of fused-ring (bicyclic) bond motifs is 1. The first-order valence-electron chi connectivity index (χ1n) is 4.59. The molecule has 0 aromatic carbocycles. The predicted molar refractivity (Wildman–Crippen MR) is 53.0 cm³/mol. The average Bonchev–Trinajstić information content (AvgIpc) is 2.55. The molecule has 2 aromatic rings. The first-order chi connectivity index (χ1) is 7.13. The van der Waals surface area contributed by atoms with Crippen molar-refractivity contribution in [3.05, 3.63) is 35.5 Å². The van der Waals surface area contributed by atoms with Crippen molar-refractivity contribution in [1.82, 2.24) is 9.38 Å². The number of primary amides is 1. The molecule has 0 bridgehead atoms. The number of hydrogen-bond acceptors (Lipinski definition) is 2. The summed E-state index contributed by atoms with van der Waals surface area (Å²) < 4.78 is 14.4. The molecule has 2 aromatic heterocycles. The zero-order chi connectivity index (χ0) is 11.0. The minimum atomic E-state index is -0.593. The van der Waals surface area contributed by atoms with E-state index in [1.54, 1.807) is 0 Å². The first kappa shape index (κ1) is 9.64. The lowest BCUT2D eigenvalue weighted by Crippen LogP contribution is -2.15. The Labute approximate surface area is 85.5 Å². The normalized spacial score (nSPS) is 10.8. The molecule has 0 unspecified atom stereocenters. The van der Waals surface area contributed by atoms with Gasteiger partial charge in [0.2, 0.25) is 0 Å². The van der Waals surface area contributed by atoms with Gasteiger partial charge in [-0.3, -0.25) is 9.20 Å². The molecular weight excluding hydrogens is 197 g/mol. The number of imidazole rings is 1. The molecule has 1 amide bonds. The van der Waals surface area contributed by atoms with Crippen LogP contribution in [0.4, 0.5) is 4.39 Å². The van der Waals surface area contributed by atoms with Gasteiger partial charge in [-0.1, -0.05) is 6.92 Å². The van der Waals surface area contributed by atoms with E-state index in [4.69, 9.17) is 5.73 Å². The number of pyridine rings is 1. The van der Waals surface area contributed by atoms with Crippen molar-refractivity contribution >= 4 is 11.6 Å². The Morgan fingerprint density at radius 1 is 1.60 bits per heavy atom. The highest BCUT2D eigenvalue weighted by molar-refractivity contribution is 5.93. The van der Waals surface area contributed by atoms with Crippen LogP contribution in [0.25, 0.3) is 5.65 Å². The lowest BCUT2D eigenvalue weighted by molar-refractivity contribution is 0.0994. The standard InChI is InChI=1S/C10H10FN3O/c1-2-7-9(10(12)15)14-5-6(11)3-4-8(14)13-7/h3-5H,2H2,1H3,(H2,12,15). The first-order valence-corrected chi connectivity index (χ1v) is 4.59. The van der Waals surface area contributed by atoms with Crippen molar-refractivity contribution < 1.29 is 9.18 Å². The van der Waals surface area contributed by atoms with E-state index in [9.17, 15) is 9.18 Å². The summed E-state index contributed by atoms with van der Waals surface area (Å²) in [6.07, 6.45) is 1.79. The van der Waals surface area contributed by atoms with Crippen LogP contribution in [0.15, 0.2) is 18.3 Å². The van der Waals surface area contributed by atoms with Crippen LogP contribution in [0, 0.1) is 5.82 Å². The maximum Gasteiger partial charge on any atom is 0.267 e. The third kappa shape index (κ3) is 1.45. The highest BCUT2D eigenvalue weighted by Crippen LogP contribution is 2.13. The largest absolute Gasteiger partial charge is 0.364 e. The van der Waals surface area contributed by atoms with E-state index in [-0.39, 0.29) is 5.69 Å². The minimum Gasteiger partial charge on any atom is -0.364 e. The molecule has 0 aliphatic carbocycles. The van der Waals surface area contributed by atoms with E-state index in [2.05, 4.69) is 4.98 Å². The zero-order valence-corrected chi connectivity index (χ0v) is 8.20. The number of aryl methyl sites for hydroxylation is 1. The summed E-state index contributed by atoms with van der Waals surface area (Å²) in [6.45, 7) is 1.87. The average molecular weight is 207 g/mol. The van der Waals surface area contributed by atoms with Crippen molar-refractivity contribution in [3.8, 4) is 0 Å². The van der Waals surface area contributed by atoms with Crippen LogP contribution in [0.5, 0.6) is 0 Å². The third-order valence-electron chi connectivity index (χ3n) is 2.22. The molecule has 0 radical (unpaired) electrons. The Balaban J connectivity index is 2.82. The molecule has 0 atom stereocenters. The van der Waals surface area contributed by atoms with E-state index in [1.807, 2.05) is 6.92 Å². The molecule has 0 saturated heterocycles. The van der Waals surface area contributed by atoms with E-state index in [0.29, 0.717) is 17.8 Å². The van der Waals surface area contributed by atoms with Crippen LogP contribution in [-0.2, 0) is 6.42 Å². The fourth-order valence-corrected chi connectivity index (χ4v) is 1.57. The Morgan fingerprint density at radius 3 is 2.93 bits per heavy atom. The summed E-state index contributed by atoms with van der Waals surface area (Å²) in [7, 11) is 0. The number of aromatic nitrogens is 2. The van der Waals surface area contributed by atoms with Gasteiger partial charge in [0, 0.05) is 6.20 Å². The summed E-state index contributed by atoms with van der Waals surface area (Å²) in [5, 5.41) is 0. The van der Waals surface area contributed by atoms with Crippen molar-refractivity contribution in [2.45, 2.75) is 13.3 Å². The summed E-state index contributed by atoms with van der Waals surface area (Å²) in [6, 6.07) is 2.81. The molecule has 5 heteroatoms. The quantitative estimate of drug-likeness (QED) is 0.802. The van der Waals surface area contributed by atoms with E-state index < -0.39 is 11.7 Å². The fraction of sp³-hybridized carbons (Fsp3) is 0.200. The zero-order valence-electron chi connectivity index (χ0n) is 8.20. The highest BCUT2D eigenvalue weighted by atomic mass is 19.1. The number of nitrogens with two attached hydrogens (primary N) is 1. The molecule has 2 N–H and O–H groups in total. The van der Waals surface area contributed by atoms with Gasteiger partial charge in [-0.2, -0.15) is 0 Å². The smallest absolute Gasteiger partial charge is 0.267 e. The number of hydrogen-bond donors (Lipinski definition) is 1. The van der Waals surface area contributed by atoms with Crippen LogP contribution in [0.3, 0.4) is 0 Å². The van der Waals surface area contributed by atoms with Gasteiger partial charge in [0.15, 0.2) is 0 Å². The molecular formula is C10H10FN3O. The summed E-state index contributed by atoms with van der Waals surface area (Å²) in [4.78, 5) is 15.4. The Morgan fingerprint density at radius 2 is 2.33 bits per heavy atom. The predicted octanol–water partition coefficient (Wildman–Crippen LogP) is 1.13. The Kier molecular flexibility index (Phi) is 2.15. The second-order valence-corrected chi connectivity index (χ2v) is 3.20. The Hall–Kier alpha value is -1.91. The molecule has 15 heavy (non-hydrogen) atoms. The van der Waals surface area contributed by atoms with Gasteiger partial charge in [-0.25, -0.2) is 9.37 Å². The van der Waals surface area contributed by atoms with Crippen molar-refractivity contribution in [3.63, 3.8) is 0 Å². The number of amides is 1. The molecule has 78 valence electrons. The molecule has 2 heterocycles. The molecule has 0 fully saturated rings. The number of carbonyl (C=O) groups is 1. The van der Waals surface area contributed by atoms with Crippen LogP contribution in [0.2, 0.25) is 0 Å². The van der Waals surface area contributed by atoms with Crippen molar-refractivity contribution in [2.75, 3.05) is 0 Å². The molecule has 2 rings (SSSR count). The van der Waals surface area contributed by atoms with Crippen LogP contribution < -0.4 is 5.73 Å². The molecule has 0 aliphatic heterocycles. The van der Waals surface area contributed by atoms with E-state index in [1.165, 1.54) is 22.7 Å². The minimum absolute atomic E-state index is 0.256. The second-order valence-electron chi connectivity index (χ2n) is 3.20. The van der Waals surface area contributed by atoms with Crippen LogP contribution >= 0.6 is 0 Å². The maximum atomic E-state index is 13.0. The fourth-order valence-electron chi connectivity index (χ4n) is 1.57. The summed E-state index contributed by atoms with van der Waals surface area (Å²) in [5.41, 5.74) is 6.61. The molecule has 0 saturated carbocycles. The lowest BCUT2D eigenvalue weighted by atomic mass is 10.2. The van der Waals surface area contributed by atoms with Gasteiger partial charge in [0.1, 0.15) is 17.2 Å². The van der Waals surface area contributed by atoms with Gasteiger partial charge in [-0.15, -0.1) is 0 Å². The van der Waals surface area contributed by atoms with Crippen LogP contribution in [0.1, 0.15) is 23.1 Å². The van der Waals surface area contributed by atoms with Crippen LogP contribution in [-0.4, -0.2) is 15.3 Å². The maximum absolute atomic E-state index is 13.0. The van der Waals surface area contributed by atoms with Gasteiger partial charge in [-0.05, 0) is 18.6 Å². The van der Waals surface area contributed by atoms with Crippen molar-refractivity contribution in [1.29, 1.82) is 0 Å². The van der Waals surface area contributed by atoms with Gasteiger partial charge in [0.05, 0.1) is 5.69 Å². The number of halogens is 1. The molecule has 0 spiro atoms. The number of nitrogens with zero attached hydrogens (tertiary/aromatic N) is 2. The van der Waals surface area contributed by atoms with Gasteiger partial charge in [0.25, 0.3) is 5.91 Å². The van der Waals surface area contributed by atoms with Gasteiger partial charge >= 0.3 is 0 Å². The molecule has 0 aliphatic rings. The Bertz CT molecular complexity index is 533. The van der Waals surface area contributed by atoms with E-state index >= 15 is 0 Å². The second kappa shape index (κ2) is 3.34. The van der Waals surface area contributed by atoms with E-state index in [0.717, 1.165) is 0 Å². The summed E-state index contributed by atoms with van der Waals surface area (Å²) in [5.74, 6) is -1.02. The van der Waals surface area contributed by atoms with Crippen molar-refractivity contribution in [2.24, 2.45) is 5.73 Å². The SMILES string of the molecule is CCc1nc2ccc(F)cn2c1C(N)=O. The lowest BCUT2D eigenvalue weighted by Gasteiger charge is -1.98. The molecule has 4 nitrogen and oxygen atoms in total. The third-order valence-corrected chi connectivity index (χ3v) is 2.22. The number of carbonyl (C=O) groups excluding carboxylic acids is 1. The monoisotopic (exact) mass is 207 g/mol. The van der Waals surface area contributed by atoms with Gasteiger partial charge < -0.3 is 5.73 Å². The highest BCUT2D eigenvalue weighted by Gasteiger charge is 2.15.